The van der Waals surface area contributed by atoms with E-state index in [4.69, 9.17) is 9.47 Å². The van der Waals surface area contributed by atoms with E-state index in [0.717, 1.165) is 18.6 Å². The van der Waals surface area contributed by atoms with Crippen molar-refractivity contribution in [3.8, 4) is 0 Å². The van der Waals surface area contributed by atoms with Crippen molar-refractivity contribution in [3.05, 3.63) is 24.8 Å². The molecule has 0 aliphatic rings. The highest BCUT2D eigenvalue weighted by molar-refractivity contribution is 5.21. The molecular weight excluding hydrogens is 200 g/mol. The molecule has 0 aromatic carbocycles. The summed E-state index contributed by atoms with van der Waals surface area (Å²) in [4.78, 5) is 0. The predicted molar refractivity (Wildman–Crippen MR) is 69.7 cm³/mol. The standard InChI is InChI=1S/C14H26O2/c1-8-12(3)14(6,7)16-11-10-13(4,5)15-9-2/h8H,1,3,9-11H2,2,4-7H3. The van der Waals surface area contributed by atoms with Crippen molar-refractivity contribution in [1.29, 1.82) is 0 Å². The fourth-order valence-corrected chi connectivity index (χ4v) is 1.35. The van der Waals surface area contributed by atoms with E-state index in [0.29, 0.717) is 6.61 Å². The summed E-state index contributed by atoms with van der Waals surface area (Å²) in [7, 11) is 0. The van der Waals surface area contributed by atoms with Gasteiger partial charge in [-0.2, -0.15) is 0 Å². The van der Waals surface area contributed by atoms with E-state index in [1.807, 2.05) is 20.8 Å². The Kier molecular flexibility index (Phi) is 5.98. The van der Waals surface area contributed by atoms with E-state index in [1.54, 1.807) is 6.08 Å². The van der Waals surface area contributed by atoms with Crippen molar-refractivity contribution < 1.29 is 9.47 Å². The summed E-state index contributed by atoms with van der Waals surface area (Å²) in [5.41, 5.74) is 0.436. The van der Waals surface area contributed by atoms with Gasteiger partial charge >= 0.3 is 0 Å². The molecule has 2 heteroatoms. The third-order valence-corrected chi connectivity index (χ3v) is 2.72. The van der Waals surface area contributed by atoms with E-state index >= 15 is 0 Å². The summed E-state index contributed by atoms with van der Waals surface area (Å²) < 4.78 is 11.4. The molecule has 94 valence electrons. The normalized spacial score (nSPS) is 12.6. The van der Waals surface area contributed by atoms with Crippen LogP contribution >= 0.6 is 0 Å². The molecule has 0 atom stereocenters. The first kappa shape index (κ1) is 15.4. The predicted octanol–water partition coefficient (Wildman–Crippen LogP) is 3.73. The molecular formula is C14H26O2. The Labute approximate surface area is 100 Å². The molecule has 0 spiro atoms. The van der Waals surface area contributed by atoms with Crippen LogP contribution < -0.4 is 0 Å². The molecule has 0 heterocycles. The minimum atomic E-state index is -0.343. The fraction of sp³-hybridized carbons (Fsp3) is 0.714. The molecule has 0 rings (SSSR count). The SMILES string of the molecule is C=CC(=C)C(C)(C)OCCC(C)(C)OCC. The lowest BCUT2D eigenvalue weighted by Crippen LogP contribution is -2.31. The third kappa shape index (κ3) is 5.47. The number of ether oxygens (including phenoxy) is 2. The van der Waals surface area contributed by atoms with Crippen LogP contribution in [-0.2, 0) is 9.47 Å². The lowest BCUT2D eigenvalue weighted by atomic mass is 9.99. The second-order valence-corrected chi connectivity index (χ2v) is 5.03. The van der Waals surface area contributed by atoms with Crippen LogP contribution in [0.25, 0.3) is 0 Å². The molecule has 0 bridgehead atoms. The van der Waals surface area contributed by atoms with Gasteiger partial charge in [-0.25, -0.2) is 0 Å². The summed E-state index contributed by atoms with van der Waals surface area (Å²) in [5, 5.41) is 0. The second-order valence-electron chi connectivity index (χ2n) is 5.03. The zero-order valence-corrected chi connectivity index (χ0v) is 11.4. The summed E-state index contributed by atoms with van der Waals surface area (Å²) in [5.74, 6) is 0. The Morgan fingerprint density at radius 3 is 2.19 bits per heavy atom. The van der Waals surface area contributed by atoms with Gasteiger partial charge in [-0.05, 0) is 46.6 Å². The highest BCUT2D eigenvalue weighted by Crippen LogP contribution is 2.22. The highest BCUT2D eigenvalue weighted by Gasteiger charge is 2.23. The van der Waals surface area contributed by atoms with Gasteiger partial charge in [0.15, 0.2) is 0 Å². The molecule has 0 amide bonds. The first-order valence-corrected chi connectivity index (χ1v) is 5.85. The zero-order valence-electron chi connectivity index (χ0n) is 11.4. The first-order valence-electron chi connectivity index (χ1n) is 5.85. The van der Waals surface area contributed by atoms with Crippen molar-refractivity contribution >= 4 is 0 Å². The molecule has 0 aliphatic heterocycles. The van der Waals surface area contributed by atoms with Gasteiger partial charge in [0.1, 0.15) is 0 Å². The van der Waals surface area contributed by atoms with Crippen LogP contribution in [-0.4, -0.2) is 24.4 Å². The van der Waals surface area contributed by atoms with Gasteiger partial charge < -0.3 is 9.47 Å². The number of hydrogen-bond donors (Lipinski definition) is 0. The molecule has 2 nitrogen and oxygen atoms in total. The molecule has 16 heavy (non-hydrogen) atoms. The van der Waals surface area contributed by atoms with Crippen LogP contribution in [0.2, 0.25) is 0 Å². The zero-order chi connectivity index (χ0) is 12.8. The Morgan fingerprint density at radius 1 is 1.19 bits per heavy atom. The van der Waals surface area contributed by atoms with Crippen molar-refractivity contribution in [1.82, 2.24) is 0 Å². The maximum atomic E-state index is 5.81. The molecule has 0 N–H and O–H groups in total. The maximum absolute atomic E-state index is 5.81. The second kappa shape index (κ2) is 6.21. The van der Waals surface area contributed by atoms with Crippen LogP contribution in [0.3, 0.4) is 0 Å². The smallest absolute Gasteiger partial charge is 0.0869 e. The minimum absolute atomic E-state index is 0.125. The molecule has 0 radical (unpaired) electrons. The van der Waals surface area contributed by atoms with Gasteiger partial charge in [0.25, 0.3) is 0 Å². The molecule has 0 aromatic rings. The minimum Gasteiger partial charge on any atom is -0.376 e. The van der Waals surface area contributed by atoms with Gasteiger partial charge in [0.2, 0.25) is 0 Å². The van der Waals surface area contributed by atoms with E-state index in [-0.39, 0.29) is 11.2 Å². The molecule has 0 aromatic heterocycles. The summed E-state index contributed by atoms with van der Waals surface area (Å²) >= 11 is 0. The van der Waals surface area contributed by atoms with E-state index in [9.17, 15) is 0 Å². The quantitative estimate of drug-likeness (QED) is 0.587. The van der Waals surface area contributed by atoms with Gasteiger partial charge in [0, 0.05) is 6.61 Å². The Hall–Kier alpha value is -0.600. The van der Waals surface area contributed by atoms with E-state index < -0.39 is 0 Å². The van der Waals surface area contributed by atoms with Crippen molar-refractivity contribution in [2.45, 2.75) is 52.2 Å². The van der Waals surface area contributed by atoms with Crippen LogP contribution in [0.4, 0.5) is 0 Å². The van der Waals surface area contributed by atoms with E-state index in [1.165, 1.54) is 0 Å². The maximum Gasteiger partial charge on any atom is 0.0869 e. The first-order chi connectivity index (χ1) is 7.25. The summed E-state index contributed by atoms with van der Waals surface area (Å²) in [6.07, 6.45) is 2.61. The molecule has 0 fully saturated rings. The van der Waals surface area contributed by atoms with Crippen molar-refractivity contribution in [2.75, 3.05) is 13.2 Å². The van der Waals surface area contributed by atoms with E-state index in [2.05, 4.69) is 27.0 Å². The third-order valence-electron chi connectivity index (χ3n) is 2.72. The fourth-order valence-electron chi connectivity index (χ4n) is 1.35. The van der Waals surface area contributed by atoms with Crippen LogP contribution in [0.1, 0.15) is 41.0 Å². The van der Waals surface area contributed by atoms with Crippen molar-refractivity contribution in [3.63, 3.8) is 0 Å². The largest absolute Gasteiger partial charge is 0.376 e. The molecule has 0 unspecified atom stereocenters. The van der Waals surface area contributed by atoms with Gasteiger partial charge in [-0.1, -0.05) is 19.2 Å². The Morgan fingerprint density at radius 2 is 1.75 bits per heavy atom. The summed E-state index contributed by atoms with van der Waals surface area (Å²) in [6.45, 7) is 19.2. The average molecular weight is 226 g/mol. The van der Waals surface area contributed by atoms with Crippen LogP contribution in [0, 0.1) is 0 Å². The van der Waals surface area contributed by atoms with Crippen LogP contribution in [0.15, 0.2) is 24.8 Å². The highest BCUT2D eigenvalue weighted by atomic mass is 16.5. The summed E-state index contributed by atoms with van der Waals surface area (Å²) in [6, 6.07) is 0. The lowest BCUT2D eigenvalue weighted by Gasteiger charge is -2.30. The topological polar surface area (TPSA) is 18.5 Å². The average Bonchev–Trinajstić information content (AvgIpc) is 2.15. The monoisotopic (exact) mass is 226 g/mol. The van der Waals surface area contributed by atoms with Gasteiger partial charge in [-0.3, -0.25) is 0 Å². The Bertz CT molecular complexity index is 239. The van der Waals surface area contributed by atoms with Crippen LogP contribution in [0.5, 0.6) is 0 Å². The molecule has 0 aliphatic carbocycles. The Balaban J connectivity index is 4.07. The lowest BCUT2D eigenvalue weighted by molar-refractivity contribution is -0.0571. The number of hydrogen-bond acceptors (Lipinski definition) is 2. The number of rotatable bonds is 8. The molecule has 0 saturated carbocycles. The molecule has 0 saturated heterocycles. The van der Waals surface area contributed by atoms with Gasteiger partial charge in [0.05, 0.1) is 17.8 Å². The van der Waals surface area contributed by atoms with Gasteiger partial charge in [-0.15, -0.1) is 0 Å². The van der Waals surface area contributed by atoms with Crippen molar-refractivity contribution in [2.24, 2.45) is 0 Å².